The number of aryl methyl sites for hydroxylation is 1. The Kier molecular flexibility index (Phi) is 5.16. The maximum absolute atomic E-state index is 11.8. The van der Waals surface area contributed by atoms with Gasteiger partial charge in [-0.25, -0.2) is 4.79 Å². The Morgan fingerprint density at radius 3 is 2.76 bits per heavy atom. The van der Waals surface area contributed by atoms with Crippen molar-refractivity contribution in [3.63, 3.8) is 0 Å². The van der Waals surface area contributed by atoms with Gasteiger partial charge in [0.1, 0.15) is 5.75 Å². The molecule has 0 spiro atoms. The highest BCUT2D eigenvalue weighted by Gasteiger charge is 2.25. The van der Waals surface area contributed by atoms with Crippen LogP contribution in [0, 0.1) is 6.92 Å². The standard InChI is InChI=1S/C15H20N2O4/c1-11-10-12(21-9-3-8-20-2)4-5-13(11)17-7-6-14(18)16-15(17)19/h4-5,10H,3,6-9H2,1-2H3,(H,16,18,19). The molecule has 0 unspecified atom stereocenters. The summed E-state index contributed by atoms with van der Waals surface area (Å²) in [6.07, 6.45) is 1.15. The number of methoxy groups -OCH3 is 1. The molecule has 0 radical (unpaired) electrons. The molecule has 1 N–H and O–H groups in total. The molecule has 0 aliphatic carbocycles. The van der Waals surface area contributed by atoms with Gasteiger partial charge < -0.3 is 9.47 Å². The number of benzene rings is 1. The number of urea groups is 1. The van der Waals surface area contributed by atoms with Crippen LogP contribution in [0.15, 0.2) is 18.2 Å². The highest BCUT2D eigenvalue weighted by atomic mass is 16.5. The number of carbonyl (C=O) groups is 2. The zero-order valence-electron chi connectivity index (χ0n) is 12.3. The first-order chi connectivity index (χ1) is 10.1. The summed E-state index contributed by atoms with van der Waals surface area (Å²) in [4.78, 5) is 24.6. The fourth-order valence-electron chi connectivity index (χ4n) is 2.21. The monoisotopic (exact) mass is 292 g/mol. The van der Waals surface area contributed by atoms with Crippen LogP contribution in [0.1, 0.15) is 18.4 Å². The number of nitrogens with zero attached hydrogens (tertiary/aromatic N) is 1. The number of ether oxygens (including phenoxy) is 2. The third-order valence-electron chi connectivity index (χ3n) is 3.27. The Morgan fingerprint density at radius 2 is 2.10 bits per heavy atom. The molecule has 2 rings (SSSR count). The quantitative estimate of drug-likeness (QED) is 0.813. The van der Waals surface area contributed by atoms with Gasteiger partial charge in [0.05, 0.1) is 6.61 Å². The molecule has 1 aromatic rings. The first-order valence-electron chi connectivity index (χ1n) is 6.95. The predicted octanol–water partition coefficient (Wildman–Crippen LogP) is 1.86. The van der Waals surface area contributed by atoms with Crippen molar-refractivity contribution in [2.24, 2.45) is 0 Å². The number of nitrogens with one attached hydrogen (secondary N) is 1. The number of rotatable bonds is 6. The van der Waals surface area contributed by atoms with Crippen molar-refractivity contribution in [2.45, 2.75) is 19.8 Å². The second-order valence-electron chi connectivity index (χ2n) is 4.90. The van der Waals surface area contributed by atoms with Crippen molar-refractivity contribution in [1.82, 2.24) is 5.32 Å². The zero-order chi connectivity index (χ0) is 15.2. The summed E-state index contributed by atoms with van der Waals surface area (Å²) in [5.74, 6) is 0.535. The van der Waals surface area contributed by atoms with Gasteiger partial charge in [0.15, 0.2) is 0 Å². The average molecular weight is 292 g/mol. The number of hydrogen-bond donors (Lipinski definition) is 1. The van der Waals surface area contributed by atoms with Crippen LogP contribution in [0.4, 0.5) is 10.5 Å². The number of hydrogen-bond acceptors (Lipinski definition) is 4. The average Bonchev–Trinajstić information content (AvgIpc) is 2.45. The van der Waals surface area contributed by atoms with E-state index in [4.69, 9.17) is 9.47 Å². The van der Waals surface area contributed by atoms with E-state index in [1.807, 2.05) is 25.1 Å². The van der Waals surface area contributed by atoms with Crippen LogP contribution in [0.2, 0.25) is 0 Å². The summed E-state index contributed by atoms with van der Waals surface area (Å²) < 4.78 is 10.6. The van der Waals surface area contributed by atoms with Crippen molar-refractivity contribution < 1.29 is 19.1 Å². The fraction of sp³-hybridized carbons (Fsp3) is 0.467. The Labute approximate surface area is 124 Å². The predicted molar refractivity (Wildman–Crippen MR) is 78.7 cm³/mol. The summed E-state index contributed by atoms with van der Waals surface area (Å²) in [7, 11) is 1.66. The molecule has 1 aliphatic heterocycles. The van der Waals surface area contributed by atoms with E-state index in [1.165, 1.54) is 0 Å². The molecule has 0 aromatic heterocycles. The van der Waals surface area contributed by atoms with Crippen molar-refractivity contribution in [1.29, 1.82) is 0 Å². The Balaban J connectivity index is 2.02. The maximum atomic E-state index is 11.8. The maximum Gasteiger partial charge on any atom is 0.328 e. The first kappa shape index (κ1) is 15.3. The van der Waals surface area contributed by atoms with E-state index in [0.29, 0.717) is 26.2 Å². The molecule has 21 heavy (non-hydrogen) atoms. The number of amides is 3. The van der Waals surface area contributed by atoms with E-state index in [0.717, 1.165) is 23.4 Å². The minimum absolute atomic E-state index is 0.230. The summed E-state index contributed by atoms with van der Waals surface area (Å²) in [6, 6.07) is 5.20. The molecule has 1 aromatic carbocycles. The minimum Gasteiger partial charge on any atom is -0.493 e. The molecular weight excluding hydrogens is 272 g/mol. The molecule has 1 heterocycles. The van der Waals surface area contributed by atoms with Crippen molar-refractivity contribution in [3.8, 4) is 5.75 Å². The second kappa shape index (κ2) is 7.08. The van der Waals surface area contributed by atoms with Crippen LogP contribution < -0.4 is 15.0 Å². The van der Waals surface area contributed by atoms with Gasteiger partial charge in [0.25, 0.3) is 0 Å². The third kappa shape index (κ3) is 3.95. The van der Waals surface area contributed by atoms with E-state index < -0.39 is 0 Å². The molecule has 1 saturated heterocycles. The largest absolute Gasteiger partial charge is 0.493 e. The molecule has 0 atom stereocenters. The molecule has 0 bridgehead atoms. The van der Waals surface area contributed by atoms with E-state index in [9.17, 15) is 9.59 Å². The van der Waals surface area contributed by atoms with Gasteiger partial charge in [0, 0.05) is 38.8 Å². The lowest BCUT2D eigenvalue weighted by Crippen LogP contribution is -2.49. The number of imide groups is 1. The number of carbonyl (C=O) groups excluding carboxylic acids is 2. The van der Waals surface area contributed by atoms with Crippen LogP contribution >= 0.6 is 0 Å². The Hall–Kier alpha value is -2.08. The van der Waals surface area contributed by atoms with E-state index in [1.54, 1.807) is 12.0 Å². The van der Waals surface area contributed by atoms with Gasteiger partial charge in [-0.1, -0.05) is 0 Å². The molecule has 6 nitrogen and oxygen atoms in total. The topological polar surface area (TPSA) is 67.9 Å². The van der Waals surface area contributed by atoms with Crippen molar-refractivity contribution in [2.75, 3.05) is 31.8 Å². The van der Waals surface area contributed by atoms with Gasteiger partial charge in [-0.05, 0) is 30.7 Å². The second-order valence-corrected chi connectivity index (χ2v) is 4.90. The molecule has 114 valence electrons. The Bertz CT molecular complexity index is 530. The van der Waals surface area contributed by atoms with Gasteiger partial charge in [-0.15, -0.1) is 0 Å². The minimum atomic E-state index is -0.372. The summed E-state index contributed by atoms with van der Waals surface area (Å²) >= 11 is 0. The van der Waals surface area contributed by atoms with Crippen LogP contribution in [0.5, 0.6) is 5.75 Å². The van der Waals surface area contributed by atoms with Gasteiger partial charge in [-0.3, -0.25) is 15.0 Å². The van der Waals surface area contributed by atoms with Crippen LogP contribution in [-0.4, -0.2) is 38.8 Å². The van der Waals surface area contributed by atoms with E-state index in [2.05, 4.69) is 5.32 Å². The molecule has 1 aliphatic rings. The lowest BCUT2D eigenvalue weighted by molar-refractivity contribution is -0.120. The molecule has 3 amide bonds. The lowest BCUT2D eigenvalue weighted by Gasteiger charge is -2.28. The molecular formula is C15H20N2O4. The Morgan fingerprint density at radius 1 is 1.29 bits per heavy atom. The highest BCUT2D eigenvalue weighted by Crippen LogP contribution is 2.26. The summed E-state index contributed by atoms with van der Waals surface area (Å²) in [5.41, 5.74) is 1.73. The molecule has 1 fully saturated rings. The van der Waals surface area contributed by atoms with Gasteiger partial charge in [0.2, 0.25) is 5.91 Å². The summed E-state index contributed by atoms with van der Waals surface area (Å²) in [5, 5.41) is 2.32. The SMILES string of the molecule is COCCCOc1ccc(N2CCC(=O)NC2=O)c(C)c1. The first-order valence-corrected chi connectivity index (χ1v) is 6.95. The summed E-state index contributed by atoms with van der Waals surface area (Å²) in [6.45, 7) is 3.57. The fourth-order valence-corrected chi connectivity index (χ4v) is 2.21. The van der Waals surface area contributed by atoms with Crippen LogP contribution in [-0.2, 0) is 9.53 Å². The zero-order valence-corrected chi connectivity index (χ0v) is 12.3. The molecule has 6 heteroatoms. The highest BCUT2D eigenvalue weighted by molar-refractivity contribution is 6.05. The van der Waals surface area contributed by atoms with E-state index >= 15 is 0 Å². The third-order valence-corrected chi connectivity index (χ3v) is 3.27. The van der Waals surface area contributed by atoms with E-state index in [-0.39, 0.29) is 11.9 Å². The van der Waals surface area contributed by atoms with Crippen LogP contribution in [0.3, 0.4) is 0 Å². The number of anilines is 1. The van der Waals surface area contributed by atoms with Gasteiger partial charge in [-0.2, -0.15) is 0 Å². The normalized spacial score (nSPS) is 15.0. The molecule has 0 saturated carbocycles. The lowest BCUT2D eigenvalue weighted by atomic mass is 10.1. The van der Waals surface area contributed by atoms with Crippen molar-refractivity contribution >= 4 is 17.6 Å². The van der Waals surface area contributed by atoms with Gasteiger partial charge >= 0.3 is 6.03 Å². The van der Waals surface area contributed by atoms with Crippen molar-refractivity contribution in [3.05, 3.63) is 23.8 Å². The van der Waals surface area contributed by atoms with Crippen LogP contribution in [0.25, 0.3) is 0 Å². The smallest absolute Gasteiger partial charge is 0.328 e.